The van der Waals surface area contributed by atoms with Gasteiger partial charge in [0.15, 0.2) is 0 Å². The second-order valence-corrected chi connectivity index (χ2v) is 3.76. The molecular weight excluding hydrogens is 174 g/mol. The highest BCUT2D eigenvalue weighted by atomic mass is 15.2. The van der Waals surface area contributed by atoms with E-state index in [0.29, 0.717) is 5.92 Å². The normalized spacial score (nSPS) is 15.1. The van der Waals surface area contributed by atoms with Crippen molar-refractivity contribution in [2.45, 2.75) is 33.2 Å². The van der Waals surface area contributed by atoms with Crippen molar-refractivity contribution in [1.82, 2.24) is 10.4 Å². The number of nitrogens with two attached hydrogens (primary N) is 1. The van der Waals surface area contributed by atoms with Crippen LogP contribution in [0.1, 0.15) is 37.4 Å². The van der Waals surface area contributed by atoms with Crippen LogP contribution in [0.4, 0.5) is 0 Å². The first kappa shape index (κ1) is 11.1. The fourth-order valence-corrected chi connectivity index (χ4v) is 1.63. The molecule has 1 heterocycles. The van der Waals surface area contributed by atoms with Crippen molar-refractivity contribution < 1.29 is 0 Å². The summed E-state index contributed by atoms with van der Waals surface area (Å²) in [5.74, 6) is 6.11. The predicted molar refractivity (Wildman–Crippen MR) is 58.5 cm³/mol. The van der Waals surface area contributed by atoms with Gasteiger partial charge in [0, 0.05) is 18.4 Å². The quantitative estimate of drug-likeness (QED) is 0.567. The minimum absolute atomic E-state index is 0.225. The Morgan fingerprint density at radius 1 is 1.57 bits per heavy atom. The molecule has 0 saturated heterocycles. The van der Waals surface area contributed by atoms with Crippen molar-refractivity contribution in [2.24, 2.45) is 11.8 Å². The van der Waals surface area contributed by atoms with Crippen molar-refractivity contribution in [3.63, 3.8) is 0 Å². The van der Waals surface area contributed by atoms with E-state index >= 15 is 0 Å². The Balaban J connectivity index is 2.94. The topological polar surface area (TPSA) is 50.9 Å². The van der Waals surface area contributed by atoms with Gasteiger partial charge in [0.2, 0.25) is 0 Å². The van der Waals surface area contributed by atoms with Crippen molar-refractivity contribution in [3.05, 3.63) is 29.6 Å². The number of hydrogen-bond acceptors (Lipinski definition) is 3. The lowest BCUT2D eigenvalue weighted by molar-refractivity contribution is 0.381. The number of hydrazine groups is 1. The van der Waals surface area contributed by atoms with Crippen LogP contribution in [0.3, 0.4) is 0 Å². The summed E-state index contributed by atoms with van der Waals surface area (Å²) in [6, 6.07) is 2.26. The van der Waals surface area contributed by atoms with Crippen molar-refractivity contribution in [2.75, 3.05) is 0 Å². The Kier molecular flexibility index (Phi) is 4.04. The molecule has 3 nitrogen and oxygen atoms in total. The third-order valence-electron chi connectivity index (χ3n) is 2.79. The summed E-state index contributed by atoms with van der Waals surface area (Å²) < 4.78 is 0. The van der Waals surface area contributed by atoms with Crippen molar-refractivity contribution >= 4 is 0 Å². The second-order valence-electron chi connectivity index (χ2n) is 3.76. The summed E-state index contributed by atoms with van der Waals surface area (Å²) in [6.45, 7) is 6.44. The Morgan fingerprint density at radius 3 is 2.79 bits per heavy atom. The Morgan fingerprint density at radius 2 is 2.29 bits per heavy atom. The molecule has 2 unspecified atom stereocenters. The molecule has 1 rings (SSSR count). The maximum Gasteiger partial charge on any atom is 0.0489 e. The zero-order chi connectivity index (χ0) is 10.6. The Labute approximate surface area is 85.7 Å². The van der Waals surface area contributed by atoms with E-state index in [1.165, 1.54) is 11.1 Å². The fraction of sp³-hybridized carbons (Fsp3) is 0.545. The summed E-state index contributed by atoms with van der Waals surface area (Å²) in [5.41, 5.74) is 5.32. The third-order valence-corrected chi connectivity index (χ3v) is 2.79. The standard InChI is InChI=1S/C11H19N3/c1-4-8(2)11(14-12)10-5-6-13-7-9(10)3/h5-8,11,14H,4,12H2,1-3H3. The zero-order valence-corrected chi connectivity index (χ0v) is 9.12. The third kappa shape index (κ3) is 2.30. The van der Waals surface area contributed by atoms with Crippen LogP contribution in [0.5, 0.6) is 0 Å². The van der Waals surface area contributed by atoms with Gasteiger partial charge in [0.05, 0.1) is 0 Å². The molecule has 0 saturated carbocycles. The van der Waals surface area contributed by atoms with E-state index in [-0.39, 0.29) is 6.04 Å². The molecule has 0 fully saturated rings. The average Bonchev–Trinajstić information content (AvgIpc) is 2.21. The number of rotatable bonds is 4. The molecule has 0 radical (unpaired) electrons. The largest absolute Gasteiger partial charge is 0.271 e. The highest BCUT2D eigenvalue weighted by molar-refractivity contribution is 5.25. The summed E-state index contributed by atoms with van der Waals surface area (Å²) in [7, 11) is 0. The molecule has 1 aromatic heterocycles. The molecular formula is C11H19N3. The van der Waals surface area contributed by atoms with Gasteiger partial charge in [0.25, 0.3) is 0 Å². The van der Waals surface area contributed by atoms with Crippen LogP contribution >= 0.6 is 0 Å². The lowest BCUT2D eigenvalue weighted by Crippen LogP contribution is -2.32. The van der Waals surface area contributed by atoms with Gasteiger partial charge in [-0.1, -0.05) is 20.3 Å². The number of aromatic nitrogens is 1. The zero-order valence-electron chi connectivity index (χ0n) is 9.12. The molecule has 3 N–H and O–H groups in total. The van der Waals surface area contributed by atoms with Crippen LogP contribution in [0.25, 0.3) is 0 Å². The maximum atomic E-state index is 5.58. The van der Waals surface area contributed by atoms with Crippen molar-refractivity contribution in [3.8, 4) is 0 Å². The van der Waals surface area contributed by atoms with Crippen LogP contribution in [0.2, 0.25) is 0 Å². The molecule has 0 aliphatic rings. The minimum Gasteiger partial charge on any atom is -0.271 e. The Bertz CT molecular complexity index is 286. The molecule has 0 spiro atoms. The molecule has 3 heteroatoms. The number of pyridine rings is 1. The van der Waals surface area contributed by atoms with Crippen LogP contribution in [-0.4, -0.2) is 4.98 Å². The number of nitrogens with zero attached hydrogens (tertiary/aromatic N) is 1. The SMILES string of the molecule is CCC(C)C(NN)c1ccncc1C. The molecule has 0 aliphatic heterocycles. The van der Waals surface area contributed by atoms with Gasteiger partial charge in [-0.2, -0.15) is 0 Å². The number of hydrogen-bond donors (Lipinski definition) is 2. The van der Waals surface area contributed by atoms with Gasteiger partial charge in [-0.25, -0.2) is 0 Å². The molecule has 14 heavy (non-hydrogen) atoms. The Hall–Kier alpha value is -0.930. The van der Waals surface area contributed by atoms with Gasteiger partial charge < -0.3 is 0 Å². The van der Waals surface area contributed by atoms with E-state index in [1.54, 1.807) is 0 Å². The van der Waals surface area contributed by atoms with Crippen molar-refractivity contribution in [1.29, 1.82) is 0 Å². The number of aryl methyl sites for hydroxylation is 1. The molecule has 1 aromatic rings. The highest BCUT2D eigenvalue weighted by Gasteiger charge is 2.17. The minimum atomic E-state index is 0.225. The van der Waals surface area contributed by atoms with Crippen LogP contribution in [-0.2, 0) is 0 Å². The molecule has 0 amide bonds. The molecule has 78 valence electrons. The molecule has 0 bridgehead atoms. The lowest BCUT2D eigenvalue weighted by Gasteiger charge is -2.23. The maximum absolute atomic E-state index is 5.58. The lowest BCUT2D eigenvalue weighted by atomic mass is 9.91. The van der Waals surface area contributed by atoms with Gasteiger partial charge >= 0.3 is 0 Å². The predicted octanol–water partition coefficient (Wildman–Crippen LogP) is 1.94. The summed E-state index contributed by atoms with van der Waals surface area (Å²) >= 11 is 0. The first-order valence-electron chi connectivity index (χ1n) is 5.07. The second kappa shape index (κ2) is 5.08. The molecule has 2 atom stereocenters. The van der Waals surface area contributed by atoms with Gasteiger partial charge in [-0.3, -0.25) is 16.3 Å². The molecule has 0 aromatic carbocycles. The fourth-order valence-electron chi connectivity index (χ4n) is 1.63. The van der Waals surface area contributed by atoms with E-state index in [0.717, 1.165) is 6.42 Å². The first-order chi connectivity index (χ1) is 6.70. The first-order valence-corrected chi connectivity index (χ1v) is 5.07. The monoisotopic (exact) mass is 193 g/mol. The smallest absolute Gasteiger partial charge is 0.0489 e. The van der Waals surface area contributed by atoms with Crippen LogP contribution < -0.4 is 11.3 Å². The highest BCUT2D eigenvalue weighted by Crippen LogP contribution is 2.25. The summed E-state index contributed by atoms with van der Waals surface area (Å²) in [5, 5.41) is 0. The van der Waals surface area contributed by atoms with Crippen LogP contribution in [0, 0.1) is 12.8 Å². The van der Waals surface area contributed by atoms with Gasteiger partial charge in [-0.05, 0) is 30.0 Å². The number of nitrogens with one attached hydrogen (secondary N) is 1. The van der Waals surface area contributed by atoms with E-state index in [1.807, 2.05) is 18.5 Å². The summed E-state index contributed by atoms with van der Waals surface area (Å²) in [6.07, 6.45) is 4.80. The van der Waals surface area contributed by atoms with E-state index in [9.17, 15) is 0 Å². The van der Waals surface area contributed by atoms with Gasteiger partial charge in [0.1, 0.15) is 0 Å². The van der Waals surface area contributed by atoms with E-state index < -0.39 is 0 Å². The average molecular weight is 193 g/mol. The van der Waals surface area contributed by atoms with E-state index in [4.69, 9.17) is 5.84 Å². The summed E-state index contributed by atoms with van der Waals surface area (Å²) in [4.78, 5) is 4.08. The van der Waals surface area contributed by atoms with E-state index in [2.05, 4.69) is 31.2 Å². The van der Waals surface area contributed by atoms with Crippen LogP contribution in [0.15, 0.2) is 18.5 Å². The van der Waals surface area contributed by atoms with Gasteiger partial charge in [-0.15, -0.1) is 0 Å². The molecule has 0 aliphatic carbocycles.